The van der Waals surface area contributed by atoms with Crippen LogP contribution in [0.3, 0.4) is 0 Å². The number of carbonyl (C=O) groups excluding carboxylic acids is 1. The number of rotatable bonds is 6. The number of ether oxygens (including phenoxy) is 1. The quantitative estimate of drug-likeness (QED) is 0.639. The molecule has 0 unspecified atom stereocenters. The zero-order valence-electron chi connectivity index (χ0n) is 14.9. The maximum absolute atomic E-state index is 11.7. The summed E-state index contributed by atoms with van der Waals surface area (Å²) in [4.78, 5) is 16.4. The van der Waals surface area contributed by atoms with Crippen LogP contribution in [0.5, 0.6) is 0 Å². The molecule has 1 aromatic heterocycles. The summed E-state index contributed by atoms with van der Waals surface area (Å²) in [7, 11) is 0. The minimum absolute atomic E-state index is 0.327. The van der Waals surface area contributed by atoms with E-state index in [0.29, 0.717) is 19.1 Å². The highest BCUT2D eigenvalue weighted by atomic mass is 32.1. The third kappa shape index (κ3) is 4.92. The molecule has 1 amide bonds. The normalized spacial score (nSPS) is 10.7. The summed E-state index contributed by atoms with van der Waals surface area (Å²) >= 11 is 1.62. The molecule has 0 spiro atoms. The Morgan fingerprint density at radius 2 is 1.88 bits per heavy atom. The van der Waals surface area contributed by atoms with Crippen LogP contribution < -0.4 is 5.32 Å². The monoisotopic (exact) mass is 366 g/mol. The van der Waals surface area contributed by atoms with Crippen molar-refractivity contribution < 1.29 is 9.53 Å². The van der Waals surface area contributed by atoms with Crippen molar-refractivity contribution in [3.05, 3.63) is 65.5 Å². The molecule has 3 aromatic rings. The fourth-order valence-corrected chi connectivity index (χ4v) is 3.26. The average molecular weight is 366 g/mol. The van der Waals surface area contributed by atoms with Gasteiger partial charge in [-0.15, -0.1) is 11.3 Å². The maximum atomic E-state index is 11.7. The number of aromatic nitrogens is 1. The van der Waals surface area contributed by atoms with Crippen LogP contribution in [0.15, 0.2) is 60.0 Å². The Morgan fingerprint density at radius 3 is 2.65 bits per heavy atom. The highest BCUT2D eigenvalue weighted by Crippen LogP contribution is 2.29. The van der Waals surface area contributed by atoms with Crippen LogP contribution in [0.25, 0.3) is 21.8 Å². The minimum Gasteiger partial charge on any atom is -0.449 e. The van der Waals surface area contributed by atoms with Gasteiger partial charge in [-0.1, -0.05) is 62.4 Å². The van der Waals surface area contributed by atoms with E-state index < -0.39 is 0 Å². The van der Waals surface area contributed by atoms with Gasteiger partial charge in [-0.05, 0) is 17.5 Å². The second kappa shape index (κ2) is 8.63. The summed E-state index contributed by atoms with van der Waals surface area (Å²) in [6.07, 6.45) is -0.385. The Hall–Kier alpha value is -2.66. The molecule has 134 valence electrons. The first kappa shape index (κ1) is 18.1. The van der Waals surface area contributed by atoms with Gasteiger partial charge in [0.25, 0.3) is 0 Å². The van der Waals surface area contributed by atoms with E-state index in [1.807, 2.05) is 50.2 Å². The van der Waals surface area contributed by atoms with Crippen LogP contribution in [0, 0.1) is 5.92 Å². The van der Waals surface area contributed by atoms with Gasteiger partial charge in [0.05, 0.1) is 12.3 Å². The van der Waals surface area contributed by atoms with Crippen molar-refractivity contribution in [1.82, 2.24) is 10.3 Å². The SMILES string of the molecule is CC(C)COC(=O)NCc1cccc(-c2nc(-c3ccccc3)cs2)c1. The van der Waals surface area contributed by atoms with Gasteiger partial charge in [0.1, 0.15) is 5.01 Å². The lowest BCUT2D eigenvalue weighted by atomic mass is 10.1. The summed E-state index contributed by atoms with van der Waals surface area (Å²) in [6, 6.07) is 18.2. The van der Waals surface area contributed by atoms with Crippen molar-refractivity contribution in [3.8, 4) is 21.8 Å². The number of nitrogens with one attached hydrogen (secondary N) is 1. The topological polar surface area (TPSA) is 51.2 Å². The maximum Gasteiger partial charge on any atom is 0.407 e. The van der Waals surface area contributed by atoms with Crippen LogP contribution in [0.4, 0.5) is 4.79 Å². The van der Waals surface area contributed by atoms with Gasteiger partial charge in [-0.3, -0.25) is 0 Å². The number of nitrogens with zero attached hydrogens (tertiary/aromatic N) is 1. The highest BCUT2D eigenvalue weighted by molar-refractivity contribution is 7.13. The lowest BCUT2D eigenvalue weighted by Gasteiger charge is -2.09. The van der Waals surface area contributed by atoms with Crippen molar-refractivity contribution in [1.29, 1.82) is 0 Å². The molecule has 1 heterocycles. The first-order chi connectivity index (χ1) is 12.6. The van der Waals surface area contributed by atoms with Crippen LogP contribution in [0.1, 0.15) is 19.4 Å². The van der Waals surface area contributed by atoms with E-state index in [0.717, 1.165) is 27.4 Å². The largest absolute Gasteiger partial charge is 0.449 e. The van der Waals surface area contributed by atoms with Crippen molar-refractivity contribution in [2.24, 2.45) is 5.92 Å². The number of carbonyl (C=O) groups is 1. The summed E-state index contributed by atoms with van der Waals surface area (Å²) in [5.41, 5.74) is 4.15. The Labute approximate surface area is 157 Å². The number of benzene rings is 2. The molecule has 4 nitrogen and oxygen atoms in total. The van der Waals surface area contributed by atoms with E-state index in [1.165, 1.54) is 0 Å². The Balaban J connectivity index is 1.66. The predicted molar refractivity (Wildman–Crippen MR) is 106 cm³/mol. The molecule has 0 aliphatic heterocycles. The first-order valence-electron chi connectivity index (χ1n) is 8.62. The van der Waals surface area contributed by atoms with Crippen LogP contribution in [-0.4, -0.2) is 17.7 Å². The van der Waals surface area contributed by atoms with Crippen molar-refractivity contribution in [2.45, 2.75) is 20.4 Å². The van der Waals surface area contributed by atoms with Gasteiger partial charge in [0.15, 0.2) is 0 Å². The second-order valence-electron chi connectivity index (χ2n) is 6.45. The molecule has 0 bridgehead atoms. The van der Waals surface area contributed by atoms with Gasteiger partial charge < -0.3 is 10.1 Å². The molecule has 0 atom stereocenters. The van der Waals surface area contributed by atoms with Crippen LogP contribution in [0.2, 0.25) is 0 Å². The van der Waals surface area contributed by atoms with Crippen LogP contribution in [-0.2, 0) is 11.3 Å². The molecule has 1 N–H and O–H groups in total. The molecule has 26 heavy (non-hydrogen) atoms. The zero-order chi connectivity index (χ0) is 18.4. The Morgan fingerprint density at radius 1 is 1.12 bits per heavy atom. The van der Waals surface area contributed by atoms with E-state index in [1.54, 1.807) is 11.3 Å². The smallest absolute Gasteiger partial charge is 0.407 e. The molecule has 0 saturated heterocycles. The molecule has 0 aliphatic rings. The Kier molecular flexibility index (Phi) is 6.02. The number of hydrogen-bond acceptors (Lipinski definition) is 4. The third-order valence-electron chi connectivity index (χ3n) is 3.73. The first-order valence-corrected chi connectivity index (χ1v) is 9.50. The fraction of sp³-hybridized carbons (Fsp3) is 0.238. The second-order valence-corrected chi connectivity index (χ2v) is 7.31. The number of thiazole rings is 1. The van der Waals surface area contributed by atoms with Gasteiger partial charge >= 0.3 is 6.09 Å². The fourth-order valence-electron chi connectivity index (χ4n) is 2.43. The summed E-state index contributed by atoms with van der Waals surface area (Å²) in [5, 5.41) is 5.82. The van der Waals surface area contributed by atoms with Gasteiger partial charge in [0.2, 0.25) is 0 Å². The summed E-state index contributed by atoms with van der Waals surface area (Å²) < 4.78 is 5.13. The summed E-state index contributed by atoms with van der Waals surface area (Å²) in [6.45, 7) is 4.87. The molecule has 0 aliphatic carbocycles. The average Bonchev–Trinajstić information content (AvgIpc) is 3.16. The number of hydrogen-bond donors (Lipinski definition) is 1. The van der Waals surface area contributed by atoms with Gasteiger partial charge in [0, 0.05) is 23.1 Å². The van der Waals surface area contributed by atoms with Crippen molar-refractivity contribution in [2.75, 3.05) is 6.61 Å². The van der Waals surface area contributed by atoms with E-state index >= 15 is 0 Å². The standard InChI is InChI=1S/C21H22N2O2S/c1-15(2)13-25-21(24)22-12-16-7-6-10-18(11-16)20-23-19(14-26-20)17-8-4-3-5-9-17/h3-11,14-15H,12-13H2,1-2H3,(H,22,24). The lowest BCUT2D eigenvalue weighted by molar-refractivity contribution is 0.132. The molecular formula is C21H22N2O2S. The number of alkyl carbamates (subject to hydrolysis) is 1. The molecular weight excluding hydrogens is 344 g/mol. The van der Waals surface area contributed by atoms with Crippen molar-refractivity contribution >= 4 is 17.4 Å². The molecule has 0 fully saturated rings. The van der Waals surface area contributed by atoms with Crippen molar-refractivity contribution in [3.63, 3.8) is 0 Å². The van der Waals surface area contributed by atoms with E-state index in [2.05, 4.69) is 28.9 Å². The zero-order valence-corrected chi connectivity index (χ0v) is 15.8. The highest BCUT2D eigenvalue weighted by Gasteiger charge is 2.08. The molecule has 5 heteroatoms. The molecule has 0 radical (unpaired) electrons. The number of amides is 1. The van der Waals surface area contributed by atoms with Crippen LogP contribution >= 0.6 is 11.3 Å². The Bertz CT molecular complexity index is 859. The minimum atomic E-state index is -0.385. The summed E-state index contributed by atoms with van der Waals surface area (Å²) in [5.74, 6) is 0.327. The molecule has 0 saturated carbocycles. The van der Waals surface area contributed by atoms with E-state index in [4.69, 9.17) is 9.72 Å². The predicted octanol–water partition coefficient (Wildman–Crippen LogP) is 5.36. The van der Waals surface area contributed by atoms with E-state index in [-0.39, 0.29) is 6.09 Å². The van der Waals surface area contributed by atoms with E-state index in [9.17, 15) is 4.79 Å². The molecule has 2 aromatic carbocycles. The van der Waals surface area contributed by atoms with Gasteiger partial charge in [-0.25, -0.2) is 9.78 Å². The van der Waals surface area contributed by atoms with Gasteiger partial charge in [-0.2, -0.15) is 0 Å². The third-order valence-corrected chi connectivity index (χ3v) is 4.62. The molecule has 3 rings (SSSR count). The lowest BCUT2D eigenvalue weighted by Crippen LogP contribution is -2.25.